The van der Waals surface area contributed by atoms with Gasteiger partial charge in [0.2, 0.25) is 19.7 Å². The van der Waals surface area contributed by atoms with E-state index in [-0.39, 0.29) is 24.7 Å². The Morgan fingerprint density at radius 2 is 0.838 bits per heavy atom. The molecular weight excluding hydrogens is 603 g/mol. The zero-order chi connectivity index (χ0) is 27.0. The van der Waals surface area contributed by atoms with Gasteiger partial charge in [0, 0.05) is 15.1 Å². The van der Waals surface area contributed by atoms with Crippen molar-refractivity contribution >= 4 is 64.6 Å². The molecule has 0 aliphatic rings. The van der Waals surface area contributed by atoms with Crippen molar-refractivity contribution in [2.75, 3.05) is 0 Å². The summed E-state index contributed by atoms with van der Waals surface area (Å²) in [4.78, 5) is -1.77. The van der Waals surface area contributed by atoms with Gasteiger partial charge in [0.25, 0.3) is 0 Å². The molecule has 37 heavy (non-hydrogen) atoms. The van der Waals surface area contributed by atoms with Crippen molar-refractivity contribution in [2.24, 2.45) is 0 Å². The van der Waals surface area contributed by atoms with Gasteiger partial charge < -0.3 is 4.18 Å². The molecule has 0 aliphatic heterocycles. The summed E-state index contributed by atoms with van der Waals surface area (Å²) in [6, 6.07) is 18.2. The summed E-state index contributed by atoms with van der Waals surface area (Å²) in [5, 5.41) is 0.850. The fraction of sp³-hybridized carbons (Fsp3) is 0. The van der Waals surface area contributed by atoms with Crippen LogP contribution in [0.5, 0.6) is 5.75 Å². The van der Waals surface area contributed by atoms with E-state index in [1.54, 1.807) is 0 Å². The summed E-state index contributed by atoms with van der Waals surface area (Å²) in [6.45, 7) is 0. The summed E-state index contributed by atoms with van der Waals surface area (Å²) in [5.74, 6) is -0.597. The van der Waals surface area contributed by atoms with Gasteiger partial charge in [-0.25, -0.2) is 16.8 Å². The van der Waals surface area contributed by atoms with Crippen molar-refractivity contribution < 1.29 is 29.4 Å². The van der Waals surface area contributed by atoms with Crippen molar-refractivity contribution in [1.82, 2.24) is 0 Å². The van der Waals surface area contributed by atoms with Crippen LogP contribution in [0.4, 0.5) is 0 Å². The second kappa shape index (κ2) is 10.3. The number of hydrogen-bond donors (Lipinski definition) is 0. The van der Waals surface area contributed by atoms with Crippen molar-refractivity contribution in [3.05, 3.63) is 106 Å². The van der Waals surface area contributed by atoms with Crippen molar-refractivity contribution in [3.8, 4) is 5.75 Å². The van der Waals surface area contributed by atoms with Gasteiger partial charge in [0.1, 0.15) is 9.79 Å². The summed E-state index contributed by atoms with van der Waals surface area (Å²) in [5.41, 5.74) is 0. The van der Waals surface area contributed by atoms with E-state index in [0.29, 0.717) is 5.02 Å². The molecule has 4 aromatic rings. The van der Waals surface area contributed by atoms with E-state index in [1.807, 2.05) is 0 Å². The Kier molecular flexibility index (Phi) is 7.62. The Bertz CT molecular complexity index is 1790. The highest BCUT2D eigenvalue weighted by molar-refractivity contribution is 7.92. The molecule has 0 saturated carbocycles. The molecule has 0 spiro atoms. The van der Waals surface area contributed by atoms with E-state index in [4.69, 9.17) is 39.0 Å². The predicted octanol–water partition coefficient (Wildman–Crippen LogP) is 6.08. The van der Waals surface area contributed by atoms with Gasteiger partial charge in [-0.05, 0) is 91.0 Å². The zero-order valence-corrected chi connectivity index (χ0v) is 23.1. The van der Waals surface area contributed by atoms with Gasteiger partial charge in [0.15, 0.2) is 5.75 Å². The average molecular weight is 618 g/mol. The van der Waals surface area contributed by atoms with Gasteiger partial charge in [0.05, 0.1) is 14.7 Å². The Labute approximate surface area is 229 Å². The highest BCUT2D eigenvalue weighted by Crippen LogP contribution is 2.35. The van der Waals surface area contributed by atoms with Crippen LogP contribution in [-0.2, 0) is 29.8 Å². The third-order valence-electron chi connectivity index (χ3n) is 5.06. The van der Waals surface area contributed by atoms with Gasteiger partial charge >= 0.3 is 10.1 Å². The van der Waals surface area contributed by atoms with Crippen LogP contribution >= 0.6 is 34.8 Å². The lowest BCUT2D eigenvalue weighted by atomic mass is 10.3. The van der Waals surface area contributed by atoms with E-state index in [2.05, 4.69) is 0 Å². The number of sulfone groups is 2. The predicted molar refractivity (Wildman–Crippen MR) is 140 cm³/mol. The molecular formula is C24H15Cl3O7S3. The first kappa shape index (κ1) is 27.4. The fourth-order valence-electron chi connectivity index (χ4n) is 3.19. The quantitative estimate of drug-likeness (QED) is 0.231. The largest absolute Gasteiger partial charge is 0.378 e. The third kappa shape index (κ3) is 5.79. The molecule has 7 nitrogen and oxygen atoms in total. The standard InChI is InChI=1S/C24H15Cl3O7S3/c25-16-1-7-19(8-2-16)35(28,29)22-13-14-23(34-37(32,33)21-11-5-18(27)6-12-21)24(15-22)36(30,31)20-9-3-17(26)4-10-20/h1-15H. The SMILES string of the molecule is O=S(=O)(Oc1ccc(S(=O)(=O)c2ccc(Cl)cc2)cc1S(=O)(=O)c1ccc(Cl)cc1)c1ccc(Cl)cc1. The van der Waals surface area contributed by atoms with Crippen molar-refractivity contribution in [2.45, 2.75) is 24.5 Å². The molecule has 0 atom stereocenters. The number of benzene rings is 4. The highest BCUT2D eigenvalue weighted by atomic mass is 35.5. The number of hydrogen-bond acceptors (Lipinski definition) is 7. The molecule has 0 aromatic heterocycles. The first-order chi connectivity index (χ1) is 17.3. The average Bonchev–Trinajstić information content (AvgIpc) is 2.84. The topological polar surface area (TPSA) is 112 Å². The highest BCUT2D eigenvalue weighted by Gasteiger charge is 2.29. The normalized spacial score (nSPS) is 12.3. The number of halogens is 3. The third-order valence-corrected chi connectivity index (χ3v) is 10.6. The van der Waals surface area contributed by atoms with Crippen molar-refractivity contribution in [3.63, 3.8) is 0 Å². The van der Waals surface area contributed by atoms with Crippen LogP contribution in [0, 0.1) is 0 Å². The molecule has 0 amide bonds. The van der Waals surface area contributed by atoms with Crippen LogP contribution in [0.25, 0.3) is 0 Å². The minimum Gasteiger partial charge on any atom is -0.378 e. The summed E-state index contributed by atoms with van der Waals surface area (Å²) >= 11 is 17.5. The maximum atomic E-state index is 13.5. The molecule has 0 heterocycles. The molecule has 0 N–H and O–H groups in total. The molecule has 4 aromatic carbocycles. The first-order valence-corrected chi connectivity index (χ1v) is 15.7. The lowest BCUT2D eigenvalue weighted by molar-refractivity contribution is 0.478. The minimum atomic E-state index is -4.52. The van der Waals surface area contributed by atoms with Crippen LogP contribution in [0.2, 0.25) is 15.1 Å². The van der Waals surface area contributed by atoms with Gasteiger partial charge in [-0.2, -0.15) is 8.42 Å². The molecule has 0 bridgehead atoms. The van der Waals surface area contributed by atoms with E-state index >= 15 is 0 Å². The molecule has 0 aliphatic carbocycles. The molecule has 4 rings (SSSR count). The van der Waals surface area contributed by atoms with Crippen molar-refractivity contribution in [1.29, 1.82) is 0 Å². The van der Waals surface area contributed by atoms with Crippen LogP contribution in [0.3, 0.4) is 0 Å². The summed E-state index contributed by atoms with van der Waals surface area (Å²) in [6.07, 6.45) is 0. The Balaban J connectivity index is 1.89. The maximum absolute atomic E-state index is 13.5. The maximum Gasteiger partial charge on any atom is 0.339 e. The number of rotatable bonds is 7. The van der Waals surface area contributed by atoms with E-state index in [0.717, 1.165) is 18.2 Å². The van der Waals surface area contributed by atoms with Gasteiger partial charge in [-0.3, -0.25) is 0 Å². The smallest absolute Gasteiger partial charge is 0.339 e. The lowest BCUT2D eigenvalue weighted by Gasteiger charge is -2.14. The van der Waals surface area contributed by atoms with Gasteiger partial charge in [-0.15, -0.1) is 0 Å². The first-order valence-electron chi connectivity index (χ1n) is 10.2. The van der Waals surface area contributed by atoms with Crippen LogP contribution < -0.4 is 4.18 Å². The second-order valence-corrected chi connectivity index (χ2v) is 14.2. The lowest BCUT2D eigenvalue weighted by Crippen LogP contribution is -2.14. The van der Waals surface area contributed by atoms with E-state index in [9.17, 15) is 25.3 Å². The molecule has 0 saturated heterocycles. The molecule has 0 fully saturated rings. The zero-order valence-electron chi connectivity index (χ0n) is 18.4. The van der Waals surface area contributed by atoms with Crippen LogP contribution in [0.1, 0.15) is 0 Å². The van der Waals surface area contributed by atoms with E-state index < -0.39 is 45.3 Å². The monoisotopic (exact) mass is 616 g/mol. The molecule has 192 valence electrons. The Hall–Kier alpha value is -2.60. The Morgan fingerprint density at radius 3 is 1.30 bits per heavy atom. The summed E-state index contributed by atoms with van der Waals surface area (Å²) in [7, 11) is -13.2. The minimum absolute atomic E-state index is 0.144. The fourth-order valence-corrected chi connectivity index (χ4v) is 7.34. The Morgan fingerprint density at radius 1 is 0.459 bits per heavy atom. The van der Waals surface area contributed by atoms with Crippen LogP contribution in [-0.4, -0.2) is 25.3 Å². The van der Waals surface area contributed by atoms with E-state index in [1.165, 1.54) is 72.8 Å². The molecule has 0 radical (unpaired) electrons. The molecule has 0 unspecified atom stereocenters. The second-order valence-electron chi connectivity index (χ2n) is 7.51. The molecule has 13 heteroatoms. The van der Waals surface area contributed by atoms with Crippen LogP contribution in [0.15, 0.2) is 115 Å². The summed E-state index contributed by atoms with van der Waals surface area (Å²) < 4.78 is 84.5. The van der Waals surface area contributed by atoms with Gasteiger partial charge in [-0.1, -0.05) is 34.8 Å².